The Labute approximate surface area is 187 Å². The van der Waals surface area contributed by atoms with Crippen molar-refractivity contribution in [3.8, 4) is 5.75 Å². The third-order valence-corrected chi connectivity index (χ3v) is 5.94. The van der Waals surface area contributed by atoms with Crippen molar-refractivity contribution in [2.24, 2.45) is 11.5 Å². The second kappa shape index (κ2) is 8.92. The second-order valence-corrected chi connectivity index (χ2v) is 8.18. The molecule has 0 amide bonds. The molecule has 0 bridgehead atoms. The normalized spacial score (nSPS) is 16.6. The number of aromatic nitrogens is 3. The van der Waals surface area contributed by atoms with Gasteiger partial charge in [-0.1, -0.05) is 12.6 Å². The van der Waals surface area contributed by atoms with Crippen molar-refractivity contribution in [3.05, 3.63) is 66.1 Å². The van der Waals surface area contributed by atoms with Crippen molar-refractivity contribution < 1.29 is 9.15 Å². The van der Waals surface area contributed by atoms with E-state index in [1.807, 2.05) is 31.2 Å². The van der Waals surface area contributed by atoms with Crippen LogP contribution in [-0.2, 0) is 0 Å². The van der Waals surface area contributed by atoms with Crippen molar-refractivity contribution in [2.75, 3.05) is 27.2 Å². The summed E-state index contributed by atoms with van der Waals surface area (Å²) in [4.78, 5) is 6.93. The fraction of sp³-hybridized carbons (Fsp3) is 0.333. The minimum Gasteiger partial charge on any atom is -0.493 e. The number of hydrogen-bond donors (Lipinski definition) is 2. The molecule has 168 valence electrons. The van der Waals surface area contributed by atoms with Gasteiger partial charge in [-0.15, -0.1) is 0 Å². The average molecular weight is 435 g/mol. The molecule has 1 saturated heterocycles. The van der Waals surface area contributed by atoms with Gasteiger partial charge in [0, 0.05) is 29.2 Å². The molecule has 0 unspecified atom stereocenters. The molecule has 1 aliphatic rings. The van der Waals surface area contributed by atoms with E-state index in [0.29, 0.717) is 40.1 Å². The molecule has 0 saturated carbocycles. The topological polar surface area (TPSA) is 108 Å². The van der Waals surface area contributed by atoms with Gasteiger partial charge < -0.3 is 25.5 Å². The lowest BCUT2D eigenvalue weighted by Crippen LogP contribution is -2.31. The quantitative estimate of drug-likeness (QED) is 0.572. The van der Waals surface area contributed by atoms with Crippen LogP contribution in [0.3, 0.4) is 0 Å². The molecule has 0 atom stereocenters. The number of oxazole rings is 1. The lowest BCUT2D eigenvalue weighted by atomic mass is 10.0. The number of hydrogen-bond acceptors (Lipinski definition) is 7. The minimum absolute atomic E-state index is 0.329. The number of rotatable bonds is 6. The van der Waals surface area contributed by atoms with Crippen LogP contribution >= 0.6 is 0 Å². The van der Waals surface area contributed by atoms with Crippen LogP contribution in [0.5, 0.6) is 5.75 Å². The SMILES string of the molecule is C=C(N)/C(=C\C(=C/N)c1cn(C2CCN(C)CC2)nc1C)c1nc2cccc(OC)c2o1. The highest BCUT2D eigenvalue weighted by Crippen LogP contribution is 2.32. The van der Waals surface area contributed by atoms with Gasteiger partial charge in [0.15, 0.2) is 11.3 Å². The zero-order chi connectivity index (χ0) is 22.8. The van der Waals surface area contributed by atoms with Crippen LogP contribution < -0.4 is 16.2 Å². The summed E-state index contributed by atoms with van der Waals surface area (Å²) in [6.07, 6.45) is 7.61. The predicted octanol–water partition coefficient (Wildman–Crippen LogP) is 3.46. The van der Waals surface area contributed by atoms with Gasteiger partial charge >= 0.3 is 0 Å². The molecule has 3 aromatic rings. The number of likely N-dealkylation sites (tertiary alicyclic amines) is 1. The molecule has 1 fully saturated rings. The smallest absolute Gasteiger partial charge is 0.229 e. The van der Waals surface area contributed by atoms with E-state index in [2.05, 4.69) is 34.4 Å². The predicted molar refractivity (Wildman–Crippen MR) is 127 cm³/mol. The summed E-state index contributed by atoms with van der Waals surface area (Å²) < 4.78 is 13.4. The van der Waals surface area contributed by atoms with E-state index >= 15 is 0 Å². The van der Waals surface area contributed by atoms with E-state index in [-0.39, 0.29) is 0 Å². The zero-order valence-electron chi connectivity index (χ0n) is 18.8. The van der Waals surface area contributed by atoms with Crippen molar-refractivity contribution in [3.63, 3.8) is 0 Å². The molecule has 8 nitrogen and oxygen atoms in total. The lowest BCUT2D eigenvalue weighted by Gasteiger charge is -2.29. The number of para-hydroxylation sites is 1. The van der Waals surface area contributed by atoms with Crippen molar-refractivity contribution >= 4 is 22.2 Å². The Morgan fingerprint density at radius 1 is 1.31 bits per heavy atom. The monoisotopic (exact) mass is 434 g/mol. The molecule has 3 heterocycles. The molecule has 0 aliphatic carbocycles. The Kier molecular flexibility index (Phi) is 6.05. The number of ether oxygens (including phenoxy) is 1. The van der Waals surface area contributed by atoms with E-state index in [1.165, 1.54) is 0 Å². The van der Waals surface area contributed by atoms with E-state index in [9.17, 15) is 0 Å². The Bertz CT molecular complexity index is 1190. The number of aryl methyl sites for hydroxylation is 1. The lowest BCUT2D eigenvalue weighted by molar-refractivity contribution is 0.212. The molecule has 1 aliphatic heterocycles. The van der Waals surface area contributed by atoms with Gasteiger partial charge in [-0.25, -0.2) is 4.98 Å². The third kappa shape index (κ3) is 4.13. The first-order valence-corrected chi connectivity index (χ1v) is 10.7. The largest absolute Gasteiger partial charge is 0.493 e. The van der Waals surface area contributed by atoms with E-state index in [0.717, 1.165) is 42.8 Å². The molecule has 0 spiro atoms. The Hall–Kier alpha value is -3.52. The van der Waals surface area contributed by atoms with Crippen LogP contribution in [0.4, 0.5) is 0 Å². The second-order valence-electron chi connectivity index (χ2n) is 8.18. The first-order chi connectivity index (χ1) is 15.4. The third-order valence-electron chi connectivity index (χ3n) is 5.94. The molecule has 0 radical (unpaired) electrons. The number of nitrogens with two attached hydrogens (primary N) is 2. The summed E-state index contributed by atoms with van der Waals surface area (Å²) in [7, 11) is 3.74. The molecular formula is C24H30N6O2. The van der Waals surface area contributed by atoms with Crippen molar-refractivity contribution in [2.45, 2.75) is 25.8 Å². The number of piperidine rings is 1. The maximum absolute atomic E-state index is 6.13. The molecule has 32 heavy (non-hydrogen) atoms. The summed E-state index contributed by atoms with van der Waals surface area (Å²) >= 11 is 0. The van der Waals surface area contributed by atoms with Gasteiger partial charge in [-0.2, -0.15) is 5.10 Å². The number of methoxy groups -OCH3 is 1. The molecular weight excluding hydrogens is 404 g/mol. The number of fused-ring (bicyclic) bond motifs is 1. The molecule has 8 heteroatoms. The first kappa shape index (κ1) is 21.7. The summed E-state index contributed by atoms with van der Waals surface area (Å²) in [5.74, 6) is 0.963. The Morgan fingerprint density at radius 2 is 2.06 bits per heavy atom. The maximum Gasteiger partial charge on any atom is 0.229 e. The van der Waals surface area contributed by atoms with E-state index in [4.69, 9.17) is 25.7 Å². The maximum atomic E-state index is 6.13. The van der Waals surface area contributed by atoms with Gasteiger partial charge in [-0.3, -0.25) is 4.68 Å². The standard InChI is InChI=1S/C24H30N6O2/c1-15(26)19(24-27-21-6-5-7-22(31-4)23(21)32-24)12-17(13-25)20-14-30(28-16(20)2)18-8-10-29(3)11-9-18/h5-7,12-14,18H,1,8-11,25-26H2,2-4H3/b17-13+,19-12+. The van der Waals surface area contributed by atoms with Gasteiger partial charge in [0.05, 0.1) is 24.4 Å². The van der Waals surface area contributed by atoms with E-state index in [1.54, 1.807) is 13.3 Å². The summed E-state index contributed by atoms with van der Waals surface area (Å²) in [5.41, 5.74) is 16.9. The van der Waals surface area contributed by atoms with Gasteiger partial charge in [0.2, 0.25) is 5.89 Å². The molecule has 1 aromatic carbocycles. The van der Waals surface area contributed by atoms with Crippen LogP contribution in [0.1, 0.15) is 36.0 Å². The Morgan fingerprint density at radius 3 is 2.72 bits per heavy atom. The van der Waals surface area contributed by atoms with E-state index < -0.39 is 0 Å². The summed E-state index contributed by atoms with van der Waals surface area (Å²) in [5, 5.41) is 4.77. The Balaban J connectivity index is 1.70. The summed E-state index contributed by atoms with van der Waals surface area (Å²) in [6, 6.07) is 5.93. The van der Waals surface area contributed by atoms with Crippen molar-refractivity contribution in [1.82, 2.24) is 19.7 Å². The highest BCUT2D eigenvalue weighted by Gasteiger charge is 2.21. The van der Waals surface area contributed by atoms with Gasteiger partial charge in [-0.05, 0) is 58.1 Å². The highest BCUT2D eigenvalue weighted by molar-refractivity contribution is 5.89. The number of allylic oxidation sites excluding steroid dienone is 3. The van der Waals surface area contributed by atoms with Crippen LogP contribution in [0, 0.1) is 6.92 Å². The van der Waals surface area contributed by atoms with Crippen molar-refractivity contribution in [1.29, 1.82) is 0 Å². The van der Waals surface area contributed by atoms with Crippen LogP contribution in [0.2, 0.25) is 0 Å². The van der Waals surface area contributed by atoms with Gasteiger partial charge in [0.25, 0.3) is 0 Å². The molecule has 4 N–H and O–H groups in total. The average Bonchev–Trinajstić information content (AvgIpc) is 3.38. The minimum atomic E-state index is 0.329. The summed E-state index contributed by atoms with van der Waals surface area (Å²) in [6.45, 7) is 8.04. The zero-order valence-corrected chi connectivity index (χ0v) is 18.8. The number of nitrogens with zero attached hydrogens (tertiary/aromatic N) is 4. The molecule has 4 rings (SSSR count). The highest BCUT2D eigenvalue weighted by atomic mass is 16.5. The van der Waals surface area contributed by atoms with Crippen LogP contribution in [0.15, 0.2) is 53.4 Å². The molecule has 2 aromatic heterocycles. The van der Waals surface area contributed by atoms with Crippen LogP contribution in [0.25, 0.3) is 22.2 Å². The first-order valence-electron chi connectivity index (χ1n) is 10.7. The fourth-order valence-corrected chi connectivity index (χ4v) is 4.07. The van der Waals surface area contributed by atoms with Crippen LogP contribution in [-0.4, -0.2) is 46.9 Å². The fourth-order valence-electron chi connectivity index (χ4n) is 4.07. The van der Waals surface area contributed by atoms with Gasteiger partial charge in [0.1, 0.15) is 5.52 Å². The number of benzene rings is 1.